The predicted octanol–water partition coefficient (Wildman–Crippen LogP) is 2.47. The van der Waals surface area contributed by atoms with Crippen LogP contribution in [0.2, 0.25) is 0 Å². The van der Waals surface area contributed by atoms with Gasteiger partial charge in [0.2, 0.25) is 5.16 Å². The number of aromatic nitrogens is 8. The van der Waals surface area contributed by atoms with E-state index in [1.54, 1.807) is 4.68 Å². The topological polar surface area (TPSA) is 87.2 Å². The average Bonchev–Trinajstić information content (AvgIpc) is 3.22. The summed E-state index contributed by atoms with van der Waals surface area (Å²) in [6.45, 7) is 7.26. The summed E-state index contributed by atoms with van der Waals surface area (Å²) in [4.78, 5) is 0. The van der Waals surface area contributed by atoms with Crippen LogP contribution in [0.5, 0.6) is 0 Å². The molecule has 126 valence electrons. The van der Waals surface area contributed by atoms with Gasteiger partial charge in [0.25, 0.3) is 0 Å². The fourth-order valence-corrected chi connectivity index (χ4v) is 3.10. The minimum atomic E-state index is 0.499. The summed E-state index contributed by atoms with van der Waals surface area (Å²) in [7, 11) is 0. The third-order valence-electron chi connectivity index (χ3n) is 3.62. The number of thioether (sulfide) groups is 1. The lowest BCUT2D eigenvalue weighted by molar-refractivity contribution is 0.564. The van der Waals surface area contributed by atoms with Crippen LogP contribution in [0.25, 0.3) is 5.69 Å². The second-order valence-corrected chi connectivity index (χ2v) is 6.67. The smallest absolute Gasteiger partial charge is 0.214 e. The first-order valence-electron chi connectivity index (χ1n) is 7.95. The number of hydrogen-bond donors (Lipinski definition) is 0. The Kier molecular flexibility index (Phi) is 5.19. The van der Waals surface area contributed by atoms with E-state index in [0.29, 0.717) is 11.7 Å². The van der Waals surface area contributed by atoms with Gasteiger partial charge < -0.3 is 0 Å². The minimum Gasteiger partial charge on any atom is -0.229 e. The van der Waals surface area contributed by atoms with Gasteiger partial charge in [-0.15, -0.1) is 10.2 Å². The van der Waals surface area contributed by atoms with Crippen LogP contribution in [0.15, 0.2) is 29.4 Å². The van der Waals surface area contributed by atoms with E-state index in [9.17, 15) is 0 Å². The van der Waals surface area contributed by atoms with Crippen molar-refractivity contribution in [1.29, 1.82) is 0 Å². The lowest BCUT2D eigenvalue weighted by atomic mass is 10.0. The molecule has 1 aromatic carbocycles. The highest BCUT2D eigenvalue weighted by Gasteiger charge is 2.12. The van der Waals surface area contributed by atoms with Gasteiger partial charge in [-0.1, -0.05) is 44.7 Å². The van der Waals surface area contributed by atoms with Crippen LogP contribution >= 0.6 is 11.8 Å². The summed E-state index contributed by atoms with van der Waals surface area (Å²) in [6.07, 6.45) is 0.989. The quantitative estimate of drug-likeness (QED) is 0.608. The van der Waals surface area contributed by atoms with Crippen molar-refractivity contribution in [1.82, 2.24) is 40.4 Å². The molecule has 0 N–H and O–H groups in total. The zero-order valence-corrected chi connectivity index (χ0v) is 14.8. The van der Waals surface area contributed by atoms with Gasteiger partial charge in [-0.25, -0.2) is 4.68 Å². The van der Waals surface area contributed by atoms with Gasteiger partial charge in [0.1, 0.15) is 0 Å². The number of nitrogens with zero attached hydrogens (tertiary/aromatic N) is 8. The lowest BCUT2D eigenvalue weighted by Crippen LogP contribution is -2.05. The number of benzene rings is 1. The highest BCUT2D eigenvalue weighted by Crippen LogP contribution is 2.23. The minimum absolute atomic E-state index is 0.499. The molecule has 0 spiro atoms. The van der Waals surface area contributed by atoms with Crippen LogP contribution in [0.4, 0.5) is 0 Å². The van der Waals surface area contributed by atoms with Gasteiger partial charge in [-0.2, -0.15) is 4.68 Å². The van der Waals surface area contributed by atoms with Gasteiger partial charge in [0.15, 0.2) is 5.82 Å². The number of hydrogen-bond acceptors (Lipinski definition) is 7. The van der Waals surface area contributed by atoms with Gasteiger partial charge in [-0.3, -0.25) is 0 Å². The Balaban J connectivity index is 1.74. The summed E-state index contributed by atoms with van der Waals surface area (Å²) in [5.41, 5.74) is 2.24. The van der Waals surface area contributed by atoms with E-state index in [1.807, 2.05) is 16.8 Å². The van der Waals surface area contributed by atoms with Crippen molar-refractivity contribution in [2.45, 2.75) is 50.6 Å². The van der Waals surface area contributed by atoms with Gasteiger partial charge in [0, 0.05) is 6.54 Å². The normalized spacial score (nSPS) is 11.3. The first-order valence-corrected chi connectivity index (χ1v) is 8.94. The first-order chi connectivity index (χ1) is 11.7. The molecule has 0 unspecified atom stereocenters. The van der Waals surface area contributed by atoms with E-state index in [1.165, 1.54) is 17.3 Å². The molecule has 0 aliphatic heterocycles. The Labute approximate surface area is 144 Å². The third-order valence-corrected chi connectivity index (χ3v) is 4.53. The summed E-state index contributed by atoms with van der Waals surface area (Å²) >= 11 is 1.52. The largest absolute Gasteiger partial charge is 0.229 e. The number of rotatable bonds is 7. The van der Waals surface area contributed by atoms with E-state index in [2.05, 4.69) is 64.0 Å². The van der Waals surface area contributed by atoms with Gasteiger partial charge in [-0.05, 0) is 50.9 Å². The molecule has 0 aliphatic rings. The van der Waals surface area contributed by atoms with Crippen LogP contribution in [0.1, 0.15) is 44.5 Å². The second kappa shape index (κ2) is 7.52. The molecule has 0 bridgehead atoms. The van der Waals surface area contributed by atoms with Gasteiger partial charge >= 0.3 is 0 Å². The van der Waals surface area contributed by atoms with Crippen molar-refractivity contribution < 1.29 is 0 Å². The Morgan fingerprint density at radius 2 is 1.79 bits per heavy atom. The van der Waals surface area contributed by atoms with E-state index >= 15 is 0 Å². The molecule has 0 radical (unpaired) electrons. The molecule has 24 heavy (non-hydrogen) atoms. The molecule has 0 atom stereocenters. The van der Waals surface area contributed by atoms with Crippen molar-refractivity contribution in [3.63, 3.8) is 0 Å². The summed E-state index contributed by atoms with van der Waals surface area (Å²) in [6, 6.07) is 8.30. The molecule has 9 heteroatoms. The second-order valence-electron chi connectivity index (χ2n) is 5.73. The molecule has 3 aromatic rings. The van der Waals surface area contributed by atoms with E-state index in [-0.39, 0.29) is 0 Å². The number of tetrazole rings is 2. The highest BCUT2D eigenvalue weighted by molar-refractivity contribution is 7.98. The van der Waals surface area contributed by atoms with Crippen molar-refractivity contribution in [3.05, 3.63) is 35.7 Å². The van der Waals surface area contributed by atoms with Crippen LogP contribution in [-0.2, 0) is 12.3 Å². The monoisotopic (exact) mass is 344 g/mol. The molecule has 0 fully saturated rings. The first kappa shape index (κ1) is 16.6. The maximum absolute atomic E-state index is 4.11. The summed E-state index contributed by atoms with van der Waals surface area (Å²) < 4.78 is 3.56. The summed E-state index contributed by atoms with van der Waals surface area (Å²) in [5.74, 6) is 1.95. The molecular weight excluding hydrogens is 324 g/mol. The zero-order valence-electron chi connectivity index (χ0n) is 14.0. The predicted molar refractivity (Wildman–Crippen MR) is 90.9 cm³/mol. The average molecular weight is 344 g/mol. The fraction of sp³-hybridized carbons (Fsp3) is 0.467. The van der Waals surface area contributed by atoms with Crippen molar-refractivity contribution in [2.24, 2.45) is 0 Å². The van der Waals surface area contributed by atoms with E-state index in [4.69, 9.17) is 0 Å². The standard InChI is InChI=1S/C15H20N8S/c1-4-9-22-14(16-18-20-22)10-24-15-17-19-21-23(15)13-7-5-12(6-8-13)11(2)3/h5-8,11H,4,9-10H2,1-3H3. The molecular formula is C15H20N8S. The van der Waals surface area contributed by atoms with E-state index < -0.39 is 0 Å². The SMILES string of the molecule is CCCn1nnnc1CSc1nnnn1-c1ccc(C(C)C)cc1. The fourth-order valence-electron chi connectivity index (χ4n) is 2.27. The molecule has 0 aliphatic carbocycles. The van der Waals surface area contributed by atoms with Crippen LogP contribution < -0.4 is 0 Å². The molecule has 0 saturated heterocycles. The summed E-state index contributed by atoms with van der Waals surface area (Å²) in [5, 5.41) is 24.5. The Hall–Kier alpha value is -2.29. The third kappa shape index (κ3) is 3.61. The van der Waals surface area contributed by atoms with Crippen LogP contribution in [0.3, 0.4) is 0 Å². The van der Waals surface area contributed by atoms with Gasteiger partial charge in [0.05, 0.1) is 11.4 Å². The van der Waals surface area contributed by atoms with Crippen molar-refractivity contribution in [2.75, 3.05) is 0 Å². The van der Waals surface area contributed by atoms with Crippen LogP contribution in [0, 0.1) is 0 Å². The highest BCUT2D eigenvalue weighted by atomic mass is 32.2. The maximum atomic E-state index is 4.11. The van der Waals surface area contributed by atoms with Crippen molar-refractivity contribution >= 4 is 11.8 Å². The molecule has 2 heterocycles. The Morgan fingerprint density at radius 3 is 2.50 bits per heavy atom. The van der Waals surface area contributed by atoms with Crippen LogP contribution in [-0.4, -0.2) is 40.4 Å². The Bertz CT molecular complexity index is 777. The molecule has 3 rings (SSSR count). The maximum Gasteiger partial charge on any atom is 0.214 e. The molecule has 8 nitrogen and oxygen atoms in total. The Morgan fingerprint density at radius 1 is 1.04 bits per heavy atom. The molecule has 0 saturated carbocycles. The van der Waals surface area contributed by atoms with E-state index in [0.717, 1.165) is 29.6 Å². The van der Waals surface area contributed by atoms with Crippen molar-refractivity contribution in [3.8, 4) is 5.69 Å². The lowest BCUT2D eigenvalue weighted by Gasteiger charge is -2.08. The zero-order chi connectivity index (χ0) is 16.9. The molecule has 0 amide bonds. The molecule has 2 aromatic heterocycles. The number of aryl methyl sites for hydroxylation is 1.